The number of anilines is 6. The molecule has 0 saturated heterocycles. The minimum atomic E-state index is -0.256. The van der Waals surface area contributed by atoms with Gasteiger partial charge < -0.3 is 9.80 Å². The third-order valence-corrected chi connectivity index (χ3v) is 18.7. The lowest BCUT2D eigenvalue weighted by Gasteiger charge is -2.28. The number of fused-ring (bicyclic) bond motifs is 11. The topological polar surface area (TPSA) is 6.48 Å². The van der Waals surface area contributed by atoms with Crippen LogP contribution in [0.1, 0.15) is 97.2 Å². The summed E-state index contributed by atoms with van der Waals surface area (Å²) in [5.74, 6) is -0.509. The maximum Gasteiger partial charge on any atom is 0.123 e. The molecule has 0 aromatic heterocycles. The lowest BCUT2D eigenvalue weighted by atomic mass is 9.81. The van der Waals surface area contributed by atoms with Crippen molar-refractivity contribution in [2.45, 2.75) is 57.8 Å². The van der Waals surface area contributed by atoms with E-state index in [1.807, 2.05) is 24.3 Å². The number of nitrogens with zero attached hydrogens (tertiary/aromatic N) is 2. The van der Waals surface area contributed by atoms with Crippen molar-refractivity contribution in [1.82, 2.24) is 0 Å². The van der Waals surface area contributed by atoms with Crippen LogP contribution in [0.25, 0.3) is 79.2 Å². The zero-order valence-electron chi connectivity index (χ0n) is 48.6. The van der Waals surface area contributed by atoms with Crippen LogP contribution >= 0.6 is 0 Å². The van der Waals surface area contributed by atoms with Gasteiger partial charge >= 0.3 is 0 Å². The average Bonchev–Trinajstić information content (AvgIpc) is 1.76. The summed E-state index contributed by atoms with van der Waals surface area (Å²) >= 11 is 0. The second kappa shape index (κ2) is 19.6. The summed E-state index contributed by atoms with van der Waals surface area (Å²) in [6, 6.07) is 84.7. The highest BCUT2D eigenvalue weighted by Crippen LogP contribution is 2.54. The SMILES string of the molecule is CC1(C)c2cc(C=Cc3ccc4c(c3)C(C)(C)c3cc(N(c5ccc(F)cc5)c5ccc6ccccc6c5)ccc3-4)ccc2-c2ccc(C=Cc3ccc4c(c3)C(C)(C)c3cc(N(c5ccc(F)cc5)c5ccc6ccccc6c5)ccc3-4)cc21. The Labute approximate surface area is 497 Å². The molecule has 2 nitrogen and oxygen atoms in total. The molecule has 0 unspecified atom stereocenters. The number of halogens is 2. The van der Waals surface area contributed by atoms with Crippen LogP contribution < -0.4 is 9.80 Å². The molecule has 15 rings (SSSR count). The van der Waals surface area contributed by atoms with E-state index in [0.29, 0.717) is 0 Å². The fourth-order valence-electron chi connectivity index (χ4n) is 14.0. The normalized spacial score (nSPS) is 14.5. The van der Waals surface area contributed by atoms with Crippen LogP contribution in [0.3, 0.4) is 0 Å². The molecule has 0 bridgehead atoms. The van der Waals surface area contributed by atoms with E-state index in [-0.39, 0.29) is 27.9 Å². The lowest BCUT2D eigenvalue weighted by Crippen LogP contribution is -2.16. The van der Waals surface area contributed by atoms with Crippen molar-refractivity contribution in [2.24, 2.45) is 0 Å². The van der Waals surface area contributed by atoms with Crippen LogP contribution in [-0.2, 0) is 16.2 Å². The zero-order chi connectivity index (χ0) is 57.9. The van der Waals surface area contributed by atoms with Crippen LogP contribution in [0, 0.1) is 11.6 Å². The Morgan fingerprint density at radius 1 is 0.247 bits per heavy atom. The summed E-state index contributed by atoms with van der Waals surface area (Å²) in [4.78, 5) is 4.47. The van der Waals surface area contributed by atoms with E-state index in [4.69, 9.17) is 0 Å². The van der Waals surface area contributed by atoms with Gasteiger partial charge in [-0.3, -0.25) is 0 Å². The molecule has 0 amide bonds. The zero-order valence-corrected chi connectivity index (χ0v) is 48.6. The molecule has 4 heteroatoms. The van der Waals surface area contributed by atoms with Crippen LogP contribution in [0.5, 0.6) is 0 Å². The molecule has 12 aromatic rings. The molecule has 0 radical (unpaired) electrons. The summed E-state index contributed by atoms with van der Waals surface area (Å²) in [6.07, 6.45) is 9.04. The third-order valence-electron chi connectivity index (χ3n) is 18.7. The van der Waals surface area contributed by atoms with Crippen LogP contribution in [0.2, 0.25) is 0 Å². The van der Waals surface area contributed by atoms with Crippen molar-refractivity contribution in [3.8, 4) is 33.4 Å². The van der Waals surface area contributed by atoms with Gasteiger partial charge in [0.15, 0.2) is 0 Å². The van der Waals surface area contributed by atoms with Gasteiger partial charge in [-0.05, 0) is 208 Å². The summed E-state index contributed by atoms with van der Waals surface area (Å²) < 4.78 is 28.6. The molecule has 85 heavy (non-hydrogen) atoms. The van der Waals surface area contributed by atoms with Crippen molar-refractivity contribution in [1.29, 1.82) is 0 Å². The maximum atomic E-state index is 14.3. The van der Waals surface area contributed by atoms with Crippen molar-refractivity contribution in [3.63, 3.8) is 0 Å². The molecule has 0 atom stereocenters. The van der Waals surface area contributed by atoms with Gasteiger partial charge in [-0.25, -0.2) is 8.78 Å². The monoisotopic (exact) mass is 1100 g/mol. The molecule has 0 fully saturated rings. The van der Waals surface area contributed by atoms with Gasteiger partial charge in [0.1, 0.15) is 11.6 Å². The van der Waals surface area contributed by atoms with E-state index in [0.717, 1.165) is 56.0 Å². The largest absolute Gasteiger partial charge is 0.310 e. The van der Waals surface area contributed by atoms with Gasteiger partial charge in [0.2, 0.25) is 0 Å². The second-order valence-electron chi connectivity index (χ2n) is 24.9. The smallest absolute Gasteiger partial charge is 0.123 e. The van der Waals surface area contributed by atoms with Gasteiger partial charge in [-0.15, -0.1) is 0 Å². The summed E-state index contributed by atoms with van der Waals surface area (Å²) in [5.41, 5.74) is 25.3. The molecule has 3 aliphatic carbocycles. The average molecular weight is 1100 g/mol. The number of hydrogen-bond acceptors (Lipinski definition) is 2. The predicted molar refractivity (Wildman–Crippen MR) is 354 cm³/mol. The lowest BCUT2D eigenvalue weighted by molar-refractivity contribution is 0.627. The summed E-state index contributed by atoms with van der Waals surface area (Å²) in [7, 11) is 0. The summed E-state index contributed by atoms with van der Waals surface area (Å²) in [6.45, 7) is 14.0. The van der Waals surface area contributed by atoms with Crippen LogP contribution in [0.4, 0.5) is 42.9 Å². The van der Waals surface area contributed by atoms with E-state index in [1.165, 1.54) is 113 Å². The molecule has 0 aliphatic heterocycles. The molecule has 0 spiro atoms. The Kier molecular flexibility index (Phi) is 12.0. The molecule has 0 N–H and O–H groups in total. The Bertz CT molecular complexity index is 4470. The quantitative estimate of drug-likeness (QED) is 0.126. The summed E-state index contributed by atoms with van der Waals surface area (Å²) in [5, 5.41) is 4.67. The van der Waals surface area contributed by atoms with Crippen LogP contribution in [-0.4, -0.2) is 0 Å². The number of rotatable bonds is 10. The van der Waals surface area contributed by atoms with Gasteiger partial charge in [-0.2, -0.15) is 0 Å². The van der Waals surface area contributed by atoms with E-state index in [1.54, 1.807) is 0 Å². The first-order valence-corrected chi connectivity index (χ1v) is 29.5. The van der Waals surface area contributed by atoms with E-state index < -0.39 is 0 Å². The molecular weight excluding hydrogens is 1040 g/mol. The highest BCUT2D eigenvalue weighted by atomic mass is 19.1. The second-order valence-corrected chi connectivity index (χ2v) is 24.9. The van der Waals surface area contributed by atoms with E-state index in [9.17, 15) is 8.78 Å². The van der Waals surface area contributed by atoms with Crippen molar-refractivity contribution < 1.29 is 8.78 Å². The number of hydrogen-bond donors (Lipinski definition) is 0. The van der Waals surface area contributed by atoms with Crippen molar-refractivity contribution >= 4 is 80.0 Å². The van der Waals surface area contributed by atoms with Crippen LogP contribution in [0.15, 0.2) is 243 Å². The Morgan fingerprint density at radius 3 is 0.812 bits per heavy atom. The fraction of sp³-hybridized carbons (Fsp3) is 0.111. The third kappa shape index (κ3) is 8.73. The van der Waals surface area contributed by atoms with Gasteiger partial charge in [0, 0.05) is 50.4 Å². The Morgan fingerprint density at radius 2 is 0.494 bits per heavy atom. The fourth-order valence-corrected chi connectivity index (χ4v) is 14.0. The minimum absolute atomic E-state index is 0.191. The van der Waals surface area contributed by atoms with Gasteiger partial charge in [0.05, 0.1) is 0 Å². The molecule has 12 aromatic carbocycles. The molecule has 0 heterocycles. The number of benzene rings is 12. The molecule has 3 aliphatic rings. The standard InChI is InChI=1S/C81H62F2N2/c1-79(2)73-43-51(15-17-53-21-39-69-71-41-35-65(49-77(71)80(3,4)75(69)45-53)84(61-31-25-59(82)26-32-61)63-29-23-55-11-7-9-13-57(55)47-63)19-37-67(73)68-38-20-52(44-74(68)79)16-18-54-22-40-70-72-42-36-66(50-78(72)81(5,6)76(70)46-54)85(62-33-27-60(83)28-34-62)64-30-24-56-12-8-10-14-58(56)48-64/h7-50H,1-6H3. The van der Waals surface area contributed by atoms with Crippen molar-refractivity contribution in [3.05, 3.63) is 310 Å². The molecular formula is C81H62F2N2. The highest BCUT2D eigenvalue weighted by Gasteiger charge is 2.39. The Balaban J connectivity index is 0.666. The minimum Gasteiger partial charge on any atom is -0.310 e. The predicted octanol–water partition coefficient (Wildman–Crippen LogP) is 22.5. The maximum absolute atomic E-state index is 14.3. The highest BCUT2D eigenvalue weighted by molar-refractivity contribution is 5.94. The first-order valence-electron chi connectivity index (χ1n) is 29.5. The van der Waals surface area contributed by atoms with Gasteiger partial charge in [0.25, 0.3) is 0 Å². The van der Waals surface area contributed by atoms with E-state index in [2.05, 4.69) is 270 Å². The van der Waals surface area contributed by atoms with E-state index >= 15 is 0 Å². The first kappa shape index (κ1) is 51.9. The van der Waals surface area contributed by atoms with Crippen molar-refractivity contribution in [2.75, 3.05) is 9.80 Å². The molecule has 0 saturated carbocycles. The molecule has 410 valence electrons. The Hall–Kier alpha value is -9.90. The van der Waals surface area contributed by atoms with Gasteiger partial charge in [-0.1, -0.05) is 211 Å². The first-order chi connectivity index (χ1) is 41.1.